The Morgan fingerprint density at radius 3 is 2.44 bits per heavy atom. The van der Waals surface area contributed by atoms with E-state index in [0.29, 0.717) is 17.0 Å². The number of benzene rings is 2. The highest BCUT2D eigenvalue weighted by Crippen LogP contribution is 2.35. The average Bonchev–Trinajstić information content (AvgIpc) is 2.53. The minimum atomic E-state index is -5.47. The summed E-state index contributed by atoms with van der Waals surface area (Å²) in [5.41, 5.74) is -4.49. The van der Waals surface area contributed by atoms with Gasteiger partial charge in [-0.2, -0.15) is 13.2 Å². The Balaban J connectivity index is 2.35. The summed E-state index contributed by atoms with van der Waals surface area (Å²) in [5.74, 6) is 0.510. The number of aliphatic hydroxyl groups excluding tert-OH is 1. The molecule has 0 fully saturated rings. The maximum absolute atomic E-state index is 12.8. The number of para-hydroxylation sites is 1. The van der Waals surface area contributed by atoms with Gasteiger partial charge in [0.2, 0.25) is 0 Å². The van der Waals surface area contributed by atoms with Gasteiger partial charge in [0.15, 0.2) is 0 Å². The smallest absolute Gasteiger partial charge is 0.491 e. The number of anilines is 2. The Morgan fingerprint density at radius 1 is 1.16 bits per heavy atom. The van der Waals surface area contributed by atoms with Crippen molar-refractivity contribution in [2.75, 3.05) is 18.5 Å². The summed E-state index contributed by atoms with van der Waals surface area (Å²) in [6.45, 7) is 1.68. The third-order valence-electron chi connectivity index (χ3n) is 3.28. The third-order valence-corrected chi connectivity index (χ3v) is 4.83. The molecule has 5 nitrogen and oxygen atoms in total. The molecule has 2 aromatic carbocycles. The van der Waals surface area contributed by atoms with Crippen LogP contribution in [0.25, 0.3) is 0 Å². The Morgan fingerprint density at radius 2 is 1.84 bits per heavy atom. The summed E-state index contributed by atoms with van der Waals surface area (Å²) in [6, 6.07) is 9.53. The van der Waals surface area contributed by atoms with Crippen molar-refractivity contribution in [2.45, 2.75) is 17.3 Å². The second-order valence-electron chi connectivity index (χ2n) is 5.12. The van der Waals surface area contributed by atoms with E-state index in [1.165, 1.54) is 24.3 Å². The normalized spacial score (nSPS) is 12.0. The number of aliphatic hydroxyl groups is 1. The number of hydrogen-bond donors (Lipinski definition) is 2. The highest BCUT2D eigenvalue weighted by Gasteiger charge is 2.47. The molecule has 0 aliphatic carbocycles. The molecule has 2 aromatic rings. The van der Waals surface area contributed by atoms with E-state index in [0.717, 1.165) is 6.07 Å². The predicted octanol–water partition coefficient (Wildman–Crippen LogP) is 3.40. The molecule has 0 saturated heterocycles. The van der Waals surface area contributed by atoms with Crippen LogP contribution in [0.15, 0.2) is 47.4 Å². The van der Waals surface area contributed by atoms with Crippen LogP contribution >= 0.6 is 0 Å². The van der Waals surface area contributed by atoms with Gasteiger partial charge in [-0.25, -0.2) is 8.42 Å². The minimum Gasteiger partial charge on any atom is -0.491 e. The maximum Gasteiger partial charge on any atom is 0.501 e. The lowest BCUT2D eigenvalue weighted by Crippen LogP contribution is -2.24. The van der Waals surface area contributed by atoms with Crippen molar-refractivity contribution >= 4 is 21.2 Å². The molecule has 0 amide bonds. The molecule has 0 atom stereocenters. The van der Waals surface area contributed by atoms with Gasteiger partial charge in [-0.05, 0) is 42.8 Å². The first-order valence-corrected chi connectivity index (χ1v) is 8.67. The standard InChI is InChI=1S/C16H16F3NO4S/c1-11-10-12(6-7-14(11)24-9-8-21)20-13-4-2-3-5-15(13)25(22,23)16(17,18)19/h2-7,10,20-21H,8-9H2,1H3. The highest BCUT2D eigenvalue weighted by atomic mass is 32.2. The molecule has 2 N–H and O–H groups in total. The van der Waals surface area contributed by atoms with Gasteiger partial charge >= 0.3 is 5.51 Å². The predicted molar refractivity (Wildman–Crippen MR) is 86.7 cm³/mol. The number of rotatable bonds is 6. The first kappa shape index (κ1) is 19.1. The van der Waals surface area contributed by atoms with Crippen molar-refractivity contribution in [2.24, 2.45) is 0 Å². The molecule has 0 aliphatic heterocycles. The molecule has 0 heterocycles. The number of nitrogens with one attached hydrogen (secondary N) is 1. The van der Waals surface area contributed by atoms with Crippen LogP contribution in [0.5, 0.6) is 5.75 Å². The lowest BCUT2D eigenvalue weighted by Gasteiger charge is -2.15. The molecule has 2 rings (SSSR count). The fourth-order valence-electron chi connectivity index (χ4n) is 2.13. The highest BCUT2D eigenvalue weighted by molar-refractivity contribution is 7.92. The van der Waals surface area contributed by atoms with Crippen LogP contribution in [0.3, 0.4) is 0 Å². The first-order chi connectivity index (χ1) is 11.7. The van der Waals surface area contributed by atoms with E-state index in [2.05, 4.69) is 5.32 Å². The summed E-state index contributed by atoms with van der Waals surface area (Å²) in [5, 5.41) is 11.4. The van der Waals surface area contributed by atoms with Gasteiger partial charge in [0.1, 0.15) is 12.4 Å². The SMILES string of the molecule is Cc1cc(Nc2ccccc2S(=O)(=O)C(F)(F)F)ccc1OCCO. The largest absolute Gasteiger partial charge is 0.501 e. The van der Waals surface area contributed by atoms with Gasteiger partial charge in [-0.3, -0.25) is 0 Å². The molecule has 9 heteroatoms. The zero-order valence-corrected chi connectivity index (χ0v) is 14.0. The van der Waals surface area contributed by atoms with E-state index < -0.39 is 20.2 Å². The zero-order chi connectivity index (χ0) is 18.7. The summed E-state index contributed by atoms with van der Waals surface area (Å²) in [6.07, 6.45) is 0. The molecule has 136 valence electrons. The first-order valence-electron chi connectivity index (χ1n) is 7.18. The molecule has 0 aliphatic rings. The topological polar surface area (TPSA) is 75.6 Å². The molecular weight excluding hydrogens is 359 g/mol. The van der Waals surface area contributed by atoms with Crippen molar-refractivity contribution in [1.29, 1.82) is 0 Å². The van der Waals surface area contributed by atoms with Crippen LogP contribution in [-0.4, -0.2) is 32.2 Å². The molecule has 0 bridgehead atoms. The van der Waals surface area contributed by atoms with Crippen molar-refractivity contribution in [3.05, 3.63) is 48.0 Å². The monoisotopic (exact) mass is 375 g/mol. The van der Waals surface area contributed by atoms with Crippen LogP contribution in [0.4, 0.5) is 24.5 Å². The van der Waals surface area contributed by atoms with Gasteiger partial charge in [-0.1, -0.05) is 12.1 Å². The minimum absolute atomic E-state index is 0.111. The van der Waals surface area contributed by atoms with Gasteiger partial charge in [0, 0.05) is 5.69 Å². The number of alkyl halides is 3. The van der Waals surface area contributed by atoms with Crippen molar-refractivity contribution < 1.29 is 31.4 Å². The molecule has 0 radical (unpaired) electrons. The third kappa shape index (κ3) is 4.23. The van der Waals surface area contributed by atoms with Crippen LogP contribution in [-0.2, 0) is 9.84 Å². The Bertz CT molecular complexity index is 851. The molecule has 0 aromatic heterocycles. The van der Waals surface area contributed by atoms with E-state index in [9.17, 15) is 21.6 Å². The quantitative estimate of drug-likeness (QED) is 0.809. The second-order valence-corrected chi connectivity index (χ2v) is 7.03. The summed E-state index contributed by atoms with van der Waals surface area (Å²) in [7, 11) is -5.47. The van der Waals surface area contributed by atoms with Gasteiger partial charge in [0.05, 0.1) is 17.2 Å². The maximum atomic E-state index is 12.8. The van der Waals surface area contributed by atoms with Crippen LogP contribution in [0.2, 0.25) is 0 Å². The number of hydrogen-bond acceptors (Lipinski definition) is 5. The second kappa shape index (κ2) is 7.32. The molecule has 0 unspecified atom stereocenters. The van der Waals surface area contributed by atoms with Crippen LogP contribution in [0.1, 0.15) is 5.56 Å². The van der Waals surface area contributed by atoms with E-state index >= 15 is 0 Å². The summed E-state index contributed by atoms with van der Waals surface area (Å²) in [4.78, 5) is -0.847. The van der Waals surface area contributed by atoms with E-state index in [4.69, 9.17) is 9.84 Å². The lowest BCUT2D eigenvalue weighted by atomic mass is 10.2. The van der Waals surface area contributed by atoms with Gasteiger partial charge in [-0.15, -0.1) is 0 Å². The molecule has 0 spiro atoms. The fraction of sp³-hybridized carbons (Fsp3) is 0.250. The van der Waals surface area contributed by atoms with Crippen molar-refractivity contribution in [3.8, 4) is 5.75 Å². The Labute approximate surface area is 143 Å². The molecule has 0 saturated carbocycles. The van der Waals surface area contributed by atoms with Gasteiger partial charge < -0.3 is 15.2 Å². The van der Waals surface area contributed by atoms with Crippen LogP contribution < -0.4 is 10.1 Å². The summed E-state index contributed by atoms with van der Waals surface area (Å²) < 4.78 is 67.1. The van der Waals surface area contributed by atoms with Crippen molar-refractivity contribution in [1.82, 2.24) is 0 Å². The fourth-order valence-corrected chi connectivity index (χ4v) is 3.04. The lowest BCUT2D eigenvalue weighted by molar-refractivity contribution is -0.0435. The Hall–Kier alpha value is -2.26. The number of sulfone groups is 1. The zero-order valence-electron chi connectivity index (χ0n) is 13.2. The molecule has 25 heavy (non-hydrogen) atoms. The Kier molecular flexibility index (Phi) is 5.58. The average molecular weight is 375 g/mol. The van der Waals surface area contributed by atoms with Crippen molar-refractivity contribution in [3.63, 3.8) is 0 Å². The van der Waals surface area contributed by atoms with E-state index in [1.54, 1.807) is 19.1 Å². The summed E-state index contributed by atoms with van der Waals surface area (Å²) >= 11 is 0. The number of aryl methyl sites for hydroxylation is 1. The van der Waals surface area contributed by atoms with E-state index in [-0.39, 0.29) is 18.9 Å². The van der Waals surface area contributed by atoms with Gasteiger partial charge in [0.25, 0.3) is 9.84 Å². The number of halogens is 3. The number of ether oxygens (including phenoxy) is 1. The van der Waals surface area contributed by atoms with Crippen LogP contribution in [0, 0.1) is 6.92 Å². The van der Waals surface area contributed by atoms with E-state index in [1.807, 2.05) is 0 Å². The molecular formula is C16H16F3NO4S.